The molecule has 1 unspecified atom stereocenters. The van der Waals surface area contributed by atoms with Gasteiger partial charge < -0.3 is 25.5 Å². The highest BCUT2D eigenvalue weighted by Gasteiger charge is 2.16. The Hall–Kier alpha value is -2.12. The van der Waals surface area contributed by atoms with E-state index in [1.165, 1.54) is 4.90 Å². The summed E-state index contributed by atoms with van der Waals surface area (Å²) in [5, 5.41) is 29.2. The van der Waals surface area contributed by atoms with Crippen molar-refractivity contribution in [3.8, 4) is 0 Å². The van der Waals surface area contributed by atoms with Gasteiger partial charge in [0.15, 0.2) is 6.10 Å². The minimum Gasteiger partial charge on any atom is -0.479 e. The first-order valence-electron chi connectivity index (χ1n) is 6.63. The summed E-state index contributed by atoms with van der Waals surface area (Å²) in [4.78, 5) is 23.8. The van der Waals surface area contributed by atoms with Crippen LogP contribution < -0.4 is 5.32 Å². The van der Waals surface area contributed by atoms with Gasteiger partial charge in [0.2, 0.25) is 0 Å². The molecule has 0 radical (unpaired) electrons. The third-order valence-electron chi connectivity index (χ3n) is 2.85. The van der Waals surface area contributed by atoms with E-state index in [1.807, 2.05) is 30.3 Å². The van der Waals surface area contributed by atoms with Gasteiger partial charge in [0, 0.05) is 26.1 Å². The van der Waals surface area contributed by atoms with Crippen molar-refractivity contribution in [2.75, 3.05) is 19.7 Å². The zero-order valence-electron chi connectivity index (χ0n) is 11.6. The molecule has 2 amide bonds. The number of hydrogen-bond donors (Lipinski definition) is 4. The number of nitrogens with one attached hydrogen (secondary N) is 1. The lowest BCUT2D eigenvalue weighted by atomic mass is 10.2. The first kappa shape index (κ1) is 16.9. The van der Waals surface area contributed by atoms with E-state index in [1.54, 1.807) is 0 Å². The van der Waals surface area contributed by atoms with Crippen LogP contribution in [0.25, 0.3) is 0 Å². The second kappa shape index (κ2) is 8.93. The molecule has 0 heterocycles. The smallest absolute Gasteiger partial charge is 0.332 e. The lowest BCUT2D eigenvalue weighted by Gasteiger charge is -2.22. The Balaban J connectivity index is 2.48. The van der Waals surface area contributed by atoms with Gasteiger partial charge in [-0.15, -0.1) is 0 Å². The van der Waals surface area contributed by atoms with Crippen molar-refractivity contribution in [2.45, 2.75) is 19.1 Å². The molecule has 0 aliphatic carbocycles. The molecule has 0 fully saturated rings. The van der Waals surface area contributed by atoms with E-state index in [0.717, 1.165) is 5.56 Å². The van der Waals surface area contributed by atoms with Gasteiger partial charge in [0.25, 0.3) is 0 Å². The number of carbonyl (C=O) groups is 2. The molecule has 1 atom stereocenters. The number of urea groups is 1. The van der Waals surface area contributed by atoms with Gasteiger partial charge in [-0.3, -0.25) is 0 Å². The molecule has 1 aromatic carbocycles. The van der Waals surface area contributed by atoms with Crippen LogP contribution in [-0.2, 0) is 11.3 Å². The lowest BCUT2D eigenvalue weighted by molar-refractivity contribution is -0.146. The van der Waals surface area contributed by atoms with E-state index < -0.39 is 18.1 Å². The molecule has 21 heavy (non-hydrogen) atoms. The number of benzene rings is 1. The molecule has 0 saturated heterocycles. The molecule has 1 aromatic rings. The van der Waals surface area contributed by atoms with Crippen molar-refractivity contribution >= 4 is 12.0 Å². The quantitative estimate of drug-likeness (QED) is 0.541. The summed E-state index contributed by atoms with van der Waals surface area (Å²) in [6.45, 7) is 0.387. The average molecular weight is 296 g/mol. The van der Waals surface area contributed by atoms with Crippen LogP contribution in [0.4, 0.5) is 4.79 Å². The van der Waals surface area contributed by atoms with E-state index in [-0.39, 0.29) is 26.1 Å². The highest BCUT2D eigenvalue weighted by molar-refractivity contribution is 5.74. The van der Waals surface area contributed by atoms with E-state index >= 15 is 0 Å². The van der Waals surface area contributed by atoms with Gasteiger partial charge >= 0.3 is 12.0 Å². The zero-order chi connectivity index (χ0) is 15.7. The molecule has 0 bridgehead atoms. The fraction of sp³-hybridized carbons (Fsp3) is 0.429. The van der Waals surface area contributed by atoms with Crippen LogP contribution in [0.15, 0.2) is 30.3 Å². The van der Waals surface area contributed by atoms with Crippen molar-refractivity contribution in [1.82, 2.24) is 10.2 Å². The zero-order valence-corrected chi connectivity index (χ0v) is 11.6. The van der Waals surface area contributed by atoms with Crippen LogP contribution in [0, 0.1) is 0 Å². The van der Waals surface area contributed by atoms with E-state index in [4.69, 9.17) is 15.3 Å². The van der Waals surface area contributed by atoms with Gasteiger partial charge in [-0.25, -0.2) is 9.59 Å². The van der Waals surface area contributed by atoms with Crippen molar-refractivity contribution in [3.05, 3.63) is 35.9 Å². The fourth-order valence-electron chi connectivity index (χ4n) is 1.73. The van der Waals surface area contributed by atoms with Crippen LogP contribution in [-0.4, -0.2) is 58.0 Å². The molecular weight excluding hydrogens is 276 g/mol. The monoisotopic (exact) mass is 296 g/mol. The molecular formula is C14H20N2O5. The highest BCUT2D eigenvalue weighted by Crippen LogP contribution is 2.04. The molecule has 1 rings (SSSR count). The highest BCUT2D eigenvalue weighted by atomic mass is 16.4. The van der Waals surface area contributed by atoms with Crippen molar-refractivity contribution in [1.29, 1.82) is 0 Å². The Labute approximate surface area is 122 Å². The van der Waals surface area contributed by atoms with E-state index in [2.05, 4.69) is 5.32 Å². The number of amides is 2. The van der Waals surface area contributed by atoms with E-state index in [0.29, 0.717) is 6.54 Å². The van der Waals surface area contributed by atoms with Crippen molar-refractivity contribution in [3.63, 3.8) is 0 Å². The Morgan fingerprint density at radius 1 is 1.24 bits per heavy atom. The van der Waals surface area contributed by atoms with Crippen LogP contribution in [0.3, 0.4) is 0 Å². The normalized spacial score (nSPS) is 11.7. The topological polar surface area (TPSA) is 110 Å². The predicted octanol–water partition coefficient (Wildman–Crippen LogP) is 0.0261. The number of aliphatic hydroxyl groups is 2. The second-order valence-electron chi connectivity index (χ2n) is 4.51. The molecule has 0 aromatic heterocycles. The van der Waals surface area contributed by atoms with Crippen LogP contribution in [0.2, 0.25) is 0 Å². The maximum Gasteiger partial charge on any atom is 0.332 e. The molecule has 0 aliphatic rings. The van der Waals surface area contributed by atoms with Gasteiger partial charge in [0.05, 0.1) is 6.61 Å². The molecule has 4 N–H and O–H groups in total. The number of rotatable bonds is 8. The first-order valence-corrected chi connectivity index (χ1v) is 6.63. The Kier molecular flexibility index (Phi) is 7.20. The summed E-state index contributed by atoms with van der Waals surface area (Å²) < 4.78 is 0. The number of carboxylic acids is 1. The van der Waals surface area contributed by atoms with Crippen molar-refractivity contribution < 1.29 is 24.9 Å². The summed E-state index contributed by atoms with van der Waals surface area (Å²) >= 11 is 0. The molecule has 116 valence electrons. The average Bonchev–Trinajstić information content (AvgIpc) is 2.47. The van der Waals surface area contributed by atoms with Gasteiger partial charge in [-0.05, 0) is 5.56 Å². The van der Waals surface area contributed by atoms with Crippen LogP contribution >= 0.6 is 0 Å². The van der Waals surface area contributed by atoms with Crippen molar-refractivity contribution in [2.24, 2.45) is 0 Å². The standard InChI is InChI=1S/C14H20N2O5/c17-9-8-16(10-11-4-2-1-3-5-11)14(21)15-7-6-12(18)13(19)20/h1-5,12,17-18H,6-10H2,(H,15,21)(H,19,20). The largest absolute Gasteiger partial charge is 0.479 e. The number of aliphatic carboxylic acids is 1. The molecule has 0 saturated carbocycles. The predicted molar refractivity (Wildman–Crippen MR) is 75.6 cm³/mol. The minimum absolute atomic E-state index is 0.0447. The maximum atomic E-state index is 12.0. The number of aliphatic hydroxyl groups excluding tert-OH is 2. The first-order chi connectivity index (χ1) is 10.0. The maximum absolute atomic E-state index is 12.0. The Morgan fingerprint density at radius 3 is 2.48 bits per heavy atom. The number of nitrogens with zero attached hydrogens (tertiary/aromatic N) is 1. The SMILES string of the molecule is O=C(O)C(O)CCNC(=O)N(CCO)Cc1ccccc1. The van der Waals surface area contributed by atoms with Gasteiger partial charge in [0.1, 0.15) is 0 Å². The fourth-order valence-corrected chi connectivity index (χ4v) is 1.73. The Bertz CT molecular complexity index is 452. The van der Waals surface area contributed by atoms with Crippen LogP contribution in [0.5, 0.6) is 0 Å². The summed E-state index contributed by atoms with van der Waals surface area (Å²) in [5.74, 6) is -1.32. The number of carboxylic acid groups (broad SMARTS) is 1. The van der Waals surface area contributed by atoms with Gasteiger partial charge in [-0.2, -0.15) is 0 Å². The van der Waals surface area contributed by atoms with Gasteiger partial charge in [-0.1, -0.05) is 30.3 Å². The van der Waals surface area contributed by atoms with E-state index in [9.17, 15) is 9.59 Å². The summed E-state index contributed by atoms with van der Waals surface area (Å²) in [6.07, 6.45) is -1.56. The summed E-state index contributed by atoms with van der Waals surface area (Å²) in [5.41, 5.74) is 0.923. The Morgan fingerprint density at radius 2 is 1.90 bits per heavy atom. The van der Waals surface area contributed by atoms with Crippen LogP contribution in [0.1, 0.15) is 12.0 Å². The molecule has 0 spiro atoms. The molecule has 0 aliphatic heterocycles. The minimum atomic E-state index is -1.49. The third kappa shape index (κ3) is 6.24. The summed E-state index contributed by atoms with van der Waals surface area (Å²) in [7, 11) is 0. The third-order valence-corrected chi connectivity index (χ3v) is 2.85. The summed E-state index contributed by atoms with van der Waals surface area (Å²) in [6, 6.07) is 8.90. The number of carbonyl (C=O) groups excluding carboxylic acids is 1. The molecule has 7 heteroatoms. The molecule has 7 nitrogen and oxygen atoms in total. The second-order valence-corrected chi connectivity index (χ2v) is 4.51. The number of hydrogen-bond acceptors (Lipinski definition) is 4. The lowest BCUT2D eigenvalue weighted by Crippen LogP contribution is -2.42.